The molecule has 15 heavy (non-hydrogen) atoms. The van der Waals surface area contributed by atoms with Gasteiger partial charge in [-0.1, -0.05) is 0 Å². The molecule has 3 N–H and O–H groups in total. The number of H-pyrrole nitrogens is 1. The van der Waals surface area contributed by atoms with Gasteiger partial charge < -0.3 is 15.2 Å². The lowest BCUT2D eigenvalue weighted by Gasteiger charge is -2.10. The summed E-state index contributed by atoms with van der Waals surface area (Å²) in [6, 6.07) is 0. The summed E-state index contributed by atoms with van der Waals surface area (Å²) in [6.07, 6.45) is 0.763. The van der Waals surface area contributed by atoms with E-state index in [1.54, 1.807) is 6.92 Å². The first-order chi connectivity index (χ1) is 7.15. The van der Waals surface area contributed by atoms with Gasteiger partial charge in [0.1, 0.15) is 0 Å². The fraction of sp³-hybridized carbons (Fsp3) is 0.556. The zero-order chi connectivity index (χ0) is 11.3. The molecule has 6 heteroatoms. The van der Waals surface area contributed by atoms with Crippen molar-refractivity contribution < 1.29 is 14.6 Å². The molecular weight excluding hydrogens is 198 g/mol. The number of aromatic nitrogens is 2. The predicted octanol–water partition coefficient (Wildman–Crippen LogP) is -0.545. The second-order valence-electron chi connectivity index (χ2n) is 3.23. The van der Waals surface area contributed by atoms with Gasteiger partial charge in [0.2, 0.25) is 0 Å². The van der Waals surface area contributed by atoms with Gasteiger partial charge in [-0.15, -0.1) is 0 Å². The highest BCUT2D eigenvalue weighted by molar-refractivity contribution is 5.94. The molecule has 1 unspecified atom stereocenters. The van der Waals surface area contributed by atoms with Crippen LogP contribution in [0.5, 0.6) is 0 Å². The number of ether oxygens (including phenoxy) is 1. The number of aromatic amines is 1. The third kappa shape index (κ3) is 3.34. The molecule has 1 rings (SSSR count). The van der Waals surface area contributed by atoms with Crippen LogP contribution in [0.3, 0.4) is 0 Å². The van der Waals surface area contributed by atoms with Crippen LogP contribution >= 0.6 is 0 Å². The largest absolute Gasteiger partial charge is 0.389 e. The Morgan fingerprint density at radius 3 is 3.07 bits per heavy atom. The number of nitrogens with zero attached hydrogens (tertiary/aromatic N) is 1. The van der Waals surface area contributed by atoms with E-state index in [1.807, 2.05) is 0 Å². The van der Waals surface area contributed by atoms with Crippen LogP contribution in [0, 0.1) is 6.92 Å². The maximum atomic E-state index is 11.5. The molecule has 0 aliphatic heterocycles. The SMILES string of the molecule is COCC(O)CNC(=O)c1cn[nH]c1C. The molecule has 1 amide bonds. The van der Waals surface area contributed by atoms with Crippen LogP contribution < -0.4 is 5.32 Å². The summed E-state index contributed by atoms with van der Waals surface area (Å²) < 4.78 is 4.73. The second-order valence-corrected chi connectivity index (χ2v) is 3.23. The Balaban J connectivity index is 2.40. The molecule has 1 aromatic rings. The zero-order valence-electron chi connectivity index (χ0n) is 8.78. The minimum absolute atomic E-state index is 0.164. The van der Waals surface area contributed by atoms with Crippen molar-refractivity contribution in [2.75, 3.05) is 20.3 Å². The van der Waals surface area contributed by atoms with E-state index in [2.05, 4.69) is 15.5 Å². The van der Waals surface area contributed by atoms with Crippen molar-refractivity contribution in [2.24, 2.45) is 0 Å². The van der Waals surface area contributed by atoms with Gasteiger partial charge in [0.25, 0.3) is 5.91 Å². The first-order valence-corrected chi connectivity index (χ1v) is 4.60. The van der Waals surface area contributed by atoms with E-state index in [9.17, 15) is 9.90 Å². The van der Waals surface area contributed by atoms with Gasteiger partial charge in [-0.3, -0.25) is 9.89 Å². The molecule has 1 atom stereocenters. The lowest BCUT2D eigenvalue weighted by Crippen LogP contribution is -2.34. The smallest absolute Gasteiger partial charge is 0.254 e. The third-order valence-corrected chi connectivity index (χ3v) is 1.93. The fourth-order valence-electron chi connectivity index (χ4n) is 1.14. The number of methoxy groups -OCH3 is 1. The van der Waals surface area contributed by atoms with E-state index < -0.39 is 6.10 Å². The minimum Gasteiger partial charge on any atom is -0.389 e. The summed E-state index contributed by atoms with van der Waals surface area (Å²) in [6.45, 7) is 2.12. The molecular formula is C9H15N3O3. The Morgan fingerprint density at radius 2 is 2.53 bits per heavy atom. The van der Waals surface area contributed by atoms with Crippen molar-refractivity contribution in [1.29, 1.82) is 0 Å². The average molecular weight is 213 g/mol. The number of aliphatic hydroxyl groups is 1. The van der Waals surface area contributed by atoms with Crippen molar-refractivity contribution in [3.8, 4) is 0 Å². The zero-order valence-corrected chi connectivity index (χ0v) is 8.78. The second kappa shape index (κ2) is 5.47. The summed E-state index contributed by atoms with van der Waals surface area (Å²) in [7, 11) is 1.49. The first kappa shape index (κ1) is 11.7. The highest BCUT2D eigenvalue weighted by Crippen LogP contribution is 2.01. The standard InChI is InChI=1S/C9H15N3O3/c1-6-8(4-11-12-6)9(14)10-3-7(13)5-15-2/h4,7,13H,3,5H2,1-2H3,(H,10,14)(H,11,12). The molecule has 1 heterocycles. The summed E-state index contributed by atoms with van der Waals surface area (Å²) in [4.78, 5) is 11.5. The molecule has 0 spiro atoms. The lowest BCUT2D eigenvalue weighted by atomic mass is 10.2. The highest BCUT2D eigenvalue weighted by atomic mass is 16.5. The Kier molecular flexibility index (Phi) is 4.26. The van der Waals surface area contributed by atoms with Gasteiger partial charge in [0.15, 0.2) is 0 Å². The molecule has 84 valence electrons. The van der Waals surface area contributed by atoms with Gasteiger partial charge in [0, 0.05) is 19.3 Å². The van der Waals surface area contributed by atoms with Crippen molar-refractivity contribution in [2.45, 2.75) is 13.0 Å². The molecule has 0 bridgehead atoms. The van der Waals surface area contributed by atoms with Crippen molar-refractivity contribution in [3.05, 3.63) is 17.5 Å². The Morgan fingerprint density at radius 1 is 1.80 bits per heavy atom. The molecule has 6 nitrogen and oxygen atoms in total. The van der Waals surface area contributed by atoms with E-state index >= 15 is 0 Å². The number of rotatable bonds is 5. The number of aryl methyl sites for hydroxylation is 1. The normalized spacial score (nSPS) is 12.5. The van der Waals surface area contributed by atoms with Gasteiger partial charge in [0.05, 0.1) is 24.5 Å². The molecule has 0 saturated heterocycles. The number of carbonyl (C=O) groups is 1. The number of hydrogen-bond donors (Lipinski definition) is 3. The minimum atomic E-state index is -0.689. The average Bonchev–Trinajstić information content (AvgIpc) is 2.61. The van der Waals surface area contributed by atoms with Crippen molar-refractivity contribution >= 4 is 5.91 Å². The van der Waals surface area contributed by atoms with Crippen molar-refractivity contribution in [3.63, 3.8) is 0 Å². The van der Waals surface area contributed by atoms with E-state index in [-0.39, 0.29) is 19.1 Å². The predicted molar refractivity (Wildman–Crippen MR) is 53.5 cm³/mol. The Labute approximate surface area is 87.6 Å². The highest BCUT2D eigenvalue weighted by Gasteiger charge is 2.11. The van der Waals surface area contributed by atoms with Crippen LogP contribution in [0.15, 0.2) is 6.20 Å². The quantitative estimate of drug-likeness (QED) is 0.612. The summed E-state index contributed by atoms with van der Waals surface area (Å²) in [5.74, 6) is -0.253. The maximum absolute atomic E-state index is 11.5. The van der Waals surface area contributed by atoms with Gasteiger partial charge in [-0.25, -0.2) is 0 Å². The molecule has 0 radical (unpaired) electrons. The van der Waals surface area contributed by atoms with E-state index in [0.717, 1.165) is 0 Å². The van der Waals surface area contributed by atoms with Gasteiger partial charge >= 0.3 is 0 Å². The van der Waals surface area contributed by atoms with Crippen LogP contribution in [0.1, 0.15) is 16.1 Å². The van der Waals surface area contributed by atoms with Crippen LogP contribution in [0.4, 0.5) is 0 Å². The number of hydrogen-bond acceptors (Lipinski definition) is 4. The molecule has 1 aromatic heterocycles. The number of carbonyl (C=O) groups excluding carboxylic acids is 1. The number of aliphatic hydroxyl groups excluding tert-OH is 1. The summed E-state index contributed by atoms with van der Waals surface area (Å²) >= 11 is 0. The van der Waals surface area contributed by atoms with E-state index in [1.165, 1.54) is 13.3 Å². The summed E-state index contributed by atoms with van der Waals surface area (Å²) in [5.41, 5.74) is 1.19. The molecule has 0 fully saturated rings. The fourth-order valence-corrected chi connectivity index (χ4v) is 1.14. The van der Waals surface area contributed by atoms with Gasteiger partial charge in [-0.05, 0) is 6.92 Å². The third-order valence-electron chi connectivity index (χ3n) is 1.93. The van der Waals surface area contributed by atoms with Crippen molar-refractivity contribution in [1.82, 2.24) is 15.5 Å². The summed E-state index contributed by atoms with van der Waals surface area (Å²) in [5, 5.41) is 18.3. The monoisotopic (exact) mass is 213 g/mol. The first-order valence-electron chi connectivity index (χ1n) is 4.60. The molecule has 0 aromatic carbocycles. The number of amides is 1. The Bertz CT molecular complexity index is 324. The van der Waals surface area contributed by atoms with E-state index in [0.29, 0.717) is 11.3 Å². The Hall–Kier alpha value is -1.40. The van der Waals surface area contributed by atoms with Crippen LogP contribution in [0.25, 0.3) is 0 Å². The van der Waals surface area contributed by atoms with Crippen LogP contribution in [-0.4, -0.2) is 47.6 Å². The maximum Gasteiger partial charge on any atom is 0.254 e. The molecule has 0 saturated carbocycles. The number of nitrogens with one attached hydrogen (secondary N) is 2. The molecule has 0 aliphatic carbocycles. The molecule has 0 aliphatic rings. The van der Waals surface area contributed by atoms with Gasteiger partial charge in [-0.2, -0.15) is 5.10 Å². The van der Waals surface area contributed by atoms with Crippen LogP contribution in [0.2, 0.25) is 0 Å². The lowest BCUT2D eigenvalue weighted by molar-refractivity contribution is 0.0609. The van der Waals surface area contributed by atoms with Crippen LogP contribution in [-0.2, 0) is 4.74 Å². The topological polar surface area (TPSA) is 87.2 Å². The van der Waals surface area contributed by atoms with E-state index in [4.69, 9.17) is 4.74 Å².